The van der Waals surface area contributed by atoms with E-state index in [2.05, 4.69) is 31.3 Å². The molecule has 0 saturated carbocycles. The van der Waals surface area contributed by atoms with Gasteiger partial charge < -0.3 is 20.3 Å². The van der Waals surface area contributed by atoms with Crippen molar-refractivity contribution in [2.45, 2.75) is 296 Å². The first-order chi connectivity index (χ1) is 28.5. The maximum Gasteiger partial charge on any atom is 0.305 e. The van der Waals surface area contributed by atoms with Gasteiger partial charge in [0.25, 0.3) is 0 Å². The molecule has 0 aromatic heterocycles. The molecule has 0 aliphatic heterocycles. The molecule has 0 aliphatic carbocycles. The van der Waals surface area contributed by atoms with Crippen molar-refractivity contribution in [1.29, 1.82) is 0 Å². The summed E-state index contributed by atoms with van der Waals surface area (Å²) in [4.78, 5) is 24.4. The van der Waals surface area contributed by atoms with Gasteiger partial charge in [-0.05, 0) is 51.4 Å². The van der Waals surface area contributed by atoms with Gasteiger partial charge in [0, 0.05) is 12.8 Å². The number of ether oxygens (including phenoxy) is 1. The van der Waals surface area contributed by atoms with Gasteiger partial charge in [-0.3, -0.25) is 9.59 Å². The molecule has 0 radical (unpaired) electrons. The van der Waals surface area contributed by atoms with Crippen molar-refractivity contribution in [3.8, 4) is 0 Å². The van der Waals surface area contributed by atoms with Gasteiger partial charge in [0.15, 0.2) is 0 Å². The molecule has 0 saturated heterocycles. The van der Waals surface area contributed by atoms with E-state index in [-0.39, 0.29) is 18.5 Å². The number of nitrogens with one attached hydrogen (secondary N) is 1. The van der Waals surface area contributed by atoms with E-state index in [1.54, 1.807) is 0 Å². The van der Waals surface area contributed by atoms with Gasteiger partial charge in [0.05, 0.1) is 25.4 Å². The Morgan fingerprint density at radius 1 is 0.466 bits per heavy atom. The van der Waals surface area contributed by atoms with E-state index in [1.807, 2.05) is 0 Å². The van der Waals surface area contributed by atoms with Crippen LogP contribution in [0.2, 0.25) is 0 Å². The van der Waals surface area contributed by atoms with Crippen LogP contribution in [-0.2, 0) is 14.3 Å². The van der Waals surface area contributed by atoms with Crippen LogP contribution in [0.3, 0.4) is 0 Å². The van der Waals surface area contributed by atoms with Crippen LogP contribution in [-0.4, -0.2) is 47.4 Å². The number of aliphatic hydroxyl groups excluding tert-OH is 2. The van der Waals surface area contributed by atoms with Crippen LogP contribution in [0.25, 0.3) is 0 Å². The van der Waals surface area contributed by atoms with E-state index < -0.39 is 12.1 Å². The molecule has 6 heteroatoms. The zero-order chi connectivity index (χ0) is 42.3. The lowest BCUT2D eigenvalue weighted by Gasteiger charge is -2.22. The maximum atomic E-state index is 12.4. The highest BCUT2D eigenvalue weighted by Gasteiger charge is 2.20. The number of carbonyl (C=O) groups is 2. The molecule has 3 N–H and O–H groups in total. The van der Waals surface area contributed by atoms with Crippen LogP contribution in [0.15, 0.2) is 12.2 Å². The van der Waals surface area contributed by atoms with Gasteiger partial charge in [-0.15, -0.1) is 0 Å². The third kappa shape index (κ3) is 44.2. The quantitative estimate of drug-likeness (QED) is 0.0323. The Bertz CT molecular complexity index is 863. The second kappa shape index (κ2) is 48.3. The van der Waals surface area contributed by atoms with Crippen molar-refractivity contribution in [3.63, 3.8) is 0 Å². The van der Waals surface area contributed by atoms with Crippen LogP contribution in [0, 0.1) is 0 Å². The number of hydrogen-bond donors (Lipinski definition) is 3. The van der Waals surface area contributed by atoms with Crippen LogP contribution in [0.5, 0.6) is 0 Å². The first kappa shape index (κ1) is 56.6. The van der Waals surface area contributed by atoms with E-state index >= 15 is 0 Å². The monoisotopic (exact) mass is 820 g/mol. The van der Waals surface area contributed by atoms with E-state index in [9.17, 15) is 19.8 Å². The predicted molar refractivity (Wildman–Crippen MR) is 250 cm³/mol. The molecule has 0 aromatic carbocycles. The second-order valence-corrected chi connectivity index (χ2v) is 17.9. The first-order valence-corrected chi connectivity index (χ1v) is 25.9. The van der Waals surface area contributed by atoms with Crippen molar-refractivity contribution in [2.75, 3.05) is 13.2 Å². The summed E-state index contributed by atoms with van der Waals surface area (Å²) in [5.41, 5.74) is 0. The fraction of sp³-hybridized carbons (Fsp3) is 0.923. The van der Waals surface area contributed by atoms with E-state index in [0.717, 1.165) is 77.0 Å². The molecule has 1 amide bonds. The normalized spacial score (nSPS) is 12.7. The maximum absolute atomic E-state index is 12.4. The molecule has 58 heavy (non-hydrogen) atoms. The molecule has 0 rings (SSSR count). The SMILES string of the molecule is CCCCCCCCCCCCCCCCCCCCCC(O)C(CO)NC(=O)CCCCCC/C=C\CCCCOC(=O)CCCCCCCCCCCCCC. The summed E-state index contributed by atoms with van der Waals surface area (Å²) in [5, 5.41) is 23.2. The van der Waals surface area contributed by atoms with Crippen molar-refractivity contribution in [1.82, 2.24) is 5.32 Å². The third-order valence-corrected chi connectivity index (χ3v) is 12.1. The fourth-order valence-corrected chi connectivity index (χ4v) is 8.05. The zero-order valence-corrected chi connectivity index (χ0v) is 39.0. The summed E-state index contributed by atoms with van der Waals surface area (Å²) in [7, 11) is 0. The third-order valence-electron chi connectivity index (χ3n) is 12.1. The van der Waals surface area contributed by atoms with Crippen LogP contribution < -0.4 is 5.32 Å². The molecule has 344 valence electrons. The molecule has 6 nitrogen and oxygen atoms in total. The summed E-state index contributed by atoms with van der Waals surface area (Å²) in [5.74, 6) is -0.103. The number of unbranched alkanes of at least 4 members (excludes halogenated alkanes) is 35. The second-order valence-electron chi connectivity index (χ2n) is 17.9. The Labute approximate surface area is 361 Å². The van der Waals surface area contributed by atoms with E-state index in [4.69, 9.17) is 4.74 Å². The molecule has 0 heterocycles. The lowest BCUT2D eigenvalue weighted by Crippen LogP contribution is -2.45. The minimum Gasteiger partial charge on any atom is -0.466 e. The van der Waals surface area contributed by atoms with Crippen molar-refractivity contribution < 1.29 is 24.5 Å². The average Bonchev–Trinajstić information content (AvgIpc) is 3.22. The Balaban J connectivity index is 3.52. The number of hydrogen-bond acceptors (Lipinski definition) is 5. The molecule has 0 spiro atoms. The smallest absolute Gasteiger partial charge is 0.305 e. The molecule has 0 bridgehead atoms. The van der Waals surface area contributed by atoms with E-state index in [1.165, 1.54) is 173 Å². The standard InChI is InChI=1S/C52H101NO5/c1-3-5-7-9-11-13-15-17-18-19-20-21-22-23-24-28-32-36-40-44-50(55)49(48-54)53-51(56)45-41-37-33-29-26-27-31-35-39-43-47-58-52(57)46-42-38-34-30-25-16-14-12-10-8-6-4-2/h27,31,49-50,54-55H,3-26,28-30,32-48H2,1-2H3,(H,53,56)/b31-27-. The van der Waals surface area contributed by atoms with E-state index in [0.29, 0.717) is 25.9 Å². The molecular formula is C52H101NO5. The number of rotatable bonds is 48. The number of aliphatic hydroxyl groups is 2. The number of amides is 1. The minimum absolute atomic E-state index is 0.0351. The summed E-state index contributed by atoms with van der Waals surface area (Å²) in [6, 6.07) is -0.565. The molecule has 2 unspecified atom stereocenters. The highest BCUT2D eigenvalue weighted by Crippen LogP contribution is 2.17. The Hall–Kier alpha value is -1.40. The van der Waals surface area contributed by atoms with Crippen LogP contribution >= 0.6 is 0 Å². The topological polar surface area (TPSA) is 95.9 Å². The van der Waals surface area contributed by atoms with Gasteiger partial charge in [-0.2, -0.15) is 0 Å². The molecule has 0 aliphatic rings. The first-order valence-electron chi connectivity index (χ1n) is 25.9. The number of esters is 1. The van der Waals surface area contributed by atoms with Crippen LogP contribution in [0.4, 0.5) is 0 Å². The van der Waals surface area contributed by atoms with Gasteiger partial charge in [0.1, 0.15) is 0 Å². The van der Waals surface area contributed by atoms with Gasteiger partial charge in [0.2, 0.25) is 5.91 Å². The predicted octanol–water partition coefficient (Wildman–Crippen LogP) is 15.3. The van der Waals surface area contributed by atoms with Gasteiger partial charge in [-0.1, -0.05) is 231 Å². The summed E-state index contributed by atoms with van der Waals surface area (Å²) >= 11 is 0. The number of allylic oxidation sites excluding steroid dienone is 2. The van der Waals surface area contributed by atoms with Gasteiger partial charge in [-0.25, -0.2) is 0 Å². The minimum atomic E-state index is -0.685. The summed E-state index contributed by atoms with van der Waals surface area (Å²) in [6.07, 6.45) is 54.7. The Morgan fingerprint density at radius 2 is 0.810 bits per heavy atom. The summed E-state index contributed by atoms with van der Waals surface area (Å²) < 4.78 is 5.42. The lowest BCUT2D eigenvalue weighted by molar-refractivity contribution is -0.143. The lowest BCUT2D eigenvalue weighted by atomic mass is 10.0. The molecule has 2 atom stereocenters. The molecular weight excluding hydrogens is 719 g/mol. The Kier molecular flexibility index (Phi) is 47.1. The Morgan fingerprint density at radius 3 is 1.22 bits per heavy atom. The highest BCUT2D eigenvalue weighted by atomic mass is 16.5. The van der Waals surface area contributed by atoms with Crippen molar-refractivity contribution in [2.24, 2.45) is 0 Å². The van der Waals surface area contributed by atoms with Gasteiger partial charge >= 0.3 is 5.97 Å². The zero-order valence-electron chi connectivity index (χ0n) is 39.0. The molecule has 0 aromatic rings. The average molecular weight is 820 g/mol. The van der Waals surface area contributed by atoms with Crippen molar-refractivity contribution >= 4 is 11.9 Å². The fourth-order valence-electron chi connectivity index (χ4n) is 8.05. The highest BCUT2D eigenvalue weighted by molar-refractivity contribution is 5.76. The summed E-state index contributed by atoms with van der Waals surface area (Å²) in [6.45, 7) is 4.87. The molecule has 0 fully saturated rings. The van der Waals surface area contributed by atoms with Crippen LogP contribution in [0.1, 0.15) is 284 Å². The number of carbonyl (C=O) groups excluding carboxylic acids is 2. The largest absolute Gasteiger partial charge is 0.466 e. The van der Waals surface area contributed by atoms with Crippen molar-refractivity contribution in [3.05, 3.63) is 12.2 Å².